The molecule has 0 N–H and O–H groups in total. The van der Waals surface area contributed by atoms with Crippen LogP contribution < -0.4 is 0 Å². The fourth-order valence-corrected chi connectivity index (χ4v) is 1.19. The van der Waals surface area contributed by atoms with Crippen molar-refractivity contribution in [3.05, 3.63) is 12.2 Å². The minimum atomic E-state index is 0.685. The predicted molar refractivity (Wildman–Crippen MR) is 51.8 cm³/mol. The molecule has 0 aromatic carbocycles. The van der Waals surface area contributed by atoms with E-state index in [1.165, 1.54) is 13.0 Å². The van der Waals surface area contributed by atoms with Crippen molar-refractivity contribution in [3.63, 3.8) is 0 Å². The molecule has 0 aliphatic carbocycles. The van der Waals surface area contributed by atoms with Gasteiger partial charge in [-0.3, -0.25) is 0 Å². The van der Waals surface area contributed by atoms with Crippen LogP contribution in [-0.4, -0.2) is 24.0 Å². The van der Waals surface area contributed by atoms with Crippen molar-refractivity contribution in [1.82, 2.24) is 4.90 Å². The van der Waals surface area contributed by atoms with Gasteiger partial charge in [0.1, 0.15) is 0 Å². The van der Waals surface area contributed by atoms with E-state index in [9.17, 15) is 0 Å². The van der Waals surface area contributed by atoms with Crippen LogP contribution in [0.5, 0.6) is 0 Å². The lowest BCUT2D eigenvalue weighted by Gasteiger charge is -2.23. The summed E-state index contributed by atoms with van der Waals surface area (Å²) in [6, 6.07) is 0.685. The van der Waals surface area contributed by atoms with Gasteiger partial charge >= 0.3 is 0 Å². The molecule has 0 spiro atoms. The van der Waals surface area contributed by atoms with E-state index in [0.717, 1.165) is 6.54 Å². The van der Waals surface area contributed by atoms with Crippen LogP contribution in [0, 0.1) is 0 Å². The minimum Gasteiger partial charge on any atom is -0.301 e. The zero-order chi connectivity index (χ0) is 8.69. The summed E-state index contributed by atoms with van der Waals surface area (Å²) >= 11 is 0. The molecule has 11 heavy (non-hydrogen) atoms. The third kappa shape index (κ3) is 5.02. The van der Waals surface area contributed by atoms with E-state index in [-0.39, 0.29) is 0 Å². The Morgan fingerprint density at radius 1 is 1.36 bits per heavy atom. The molecule has 0 unspecified atom stereocenters. The van der Waals surface area contributed by atoms with E-state index in [1.807, 2.05) is 0 Å². The van der Waals surface area contributed by atoms with E-state index in [1.54, 1.807) is 0 Å². The molecule has 0 radical (unpaired) electrons. The van der Waals surface area contributed by atoms with Gasteiger partial charge in [-0.2, -0.15) is 0 Å². The van der Waals surface area contributed by atoms with Crippen LogP contribution in [0.3, 0.4) is 0 Å². The number of nitrogens with zero attached hydrogens (tertiary/aromatic N) is 1. The Balaban J connectivity index is 3.52. The van der Waals surface area contributed by atoms with Crippen LogP contribution in [0.2, 0.25) is 0 Å². The number of allylic oxidation sites excluding steroid dienone is 1. The molecule has 0 rings (SSSR count). The normalized spacial score (nSPS) is 12.2. The van der Waals surface area contributed by atoms with Crippen LogP contribution in [0.4, 0.5) is 0 Å². The highest BCUT2D eigenvalue weighted by Crippen LogP contribution is 1.98. The Labute approximate surface area is 71.1 Å². The van der Waals surface area contributed by atoms with Crippen LogP contribution in [0.25, 0.3) is 0 Å². The van der Waals surface area contributed by atoms with Crippen molar-refractivity contribution in [1.29, 1.82) is 0 Å². The summed E-state index contributed by atoms with van der Waals surface area (Å²) in [5.41, 5.74) is 0. The van der Waals surface area contributed by atoms with Crippen LogP contribution in [0.1, 0.15) is 34.1 Å². The third-order valence-corrected chi connectivity index (χ3v) is 1.96. The van der Waals surface area contributed by atoms with Crippen molar-refractivity contribution >= 4 is 0 Å². The first-order chi connectivity index (χ1) is 5.22. The topological polar surface area (TPSA) is 3.24 Å². The molecular formula is C10H21N. The maximum atomic E-state index is 2.47. The van der Waals surface area contributed by atoms with Crippen molar-refractivity contribution in [2.75, 3.05) is 13.1 Å². The van der Waals surface area contributed by atoms with Crippen molar-refractivity contribution < 1.29 is 0 Å². The SMILES string of the molecule is C/C=C/CCN(CC)C(C)C. The standard InChI is InChI=1S/C10H21N/c1-5-7-8-9-11(6-2)10(3)4/h5,7,10H,6,8-9H2,1-4H3/b7-5+. The number of rotatable bonds is 5. The summed E-state index contributed by atoms with van der Waals surface area (Å²) in [6.07, 6.45) is 5.53. The van der Waals surface area contributed by atoms with Gasteiger partial charge in [-0.05, 0) is 33.7 Å². The smallest absolute Gasteiger partial charge is 0.00385 e. The molecule has 0 atom stereocenters. The third-order valence-electron chi connectivity index (χ3n) is 1.96. The van der Waals surface area contributed by atoms with Gasteiger partial charge in [0, 0.05) is 12.6 Å². The number of hydrogen-bond donors (Lipinski definition) is 0. The van der Waals surface area contributed by atoms with Gasteiger partial charge in [0.25, 0.3) is 0 Å². The van der Waals surface area contributed by atoms with E-state index >= 15 is 0 Å². The number of hydrogen-bond acceptors (Lipinski definition) is 1. The zero-order valence-electron chi connectivity index (χ0n) is 8.30. The highest BCUT2D eigenvalue weighted by molar-refractivity contribution is 4.78. The maximum absolute atomic E-state index is 2.47. The fraction of sp³-hybridized carbons (Fsp3) is 0.800. The van der Waals surface area contributed by atoms with Gasteiger partial charge < -0.3 is 4.90 Å². The lowest BCUT2D eigenvalue weighted by atomic mass is 10.3. The van der Waals surface area contributed by atoms with Gasteiger partial charge in [0.05, 0.1) is 0 Å². The van der Waals surface area contributed by atoms with Gasteiger partial charge in [-0.1, -0.05) is 19.1 Å². The second-order valence-electron chi connectivity index (χ2n) is 3.08. The fourth-order valence-electron chi connectivity index (χ4n) is 1.19. The summed E-state index contributed by atoms with van der Waals surface area (Å²) in [4.78, 5) is 2.47. The van der Waals surface area contributed by atoms with Crippen LogP contribution >= 0.6 is 0 Å². The Morgan fingerprint density at radius 2 is 2.00 bits per heavy atom. The minimum absolute atomic E-state index is 0.685. The molecule has 0 aliphatic rings. The predicted octanol–water partition coefficient (Wildman–Crippen LogP) is 2.68. The first-order valence-corrected chi connectivity index (χ1v) is 4.57. The van der Waals surface area contributed by atoms with Crippen molar-refractivity contribution in [3.8, 4) is 0 Å². The quantitative estimate of drug-likeness (QED) is 0.552. The molecular weight excluding hydrogens is 134 g/mol. The summed E-state index contributed by atoms with van der Waals surface area (Å²) in [7, 11) is 0. The highest BCUT2D eigenvalue weighted by atomic mass is 15.1. The van der Waals surface area contributed by atoms with Crippen molar-refractivity contribution in [2.45, 2.75) is 40.2 Å². The van der Waals surface area contributed by atoms with Crippen LogP contribution in [-0.2, 0) is 0 Å². The summed E-state index contributed by atoms with van der Waals surface area (Å²) in [6.45, 7) is 11.1. The second-order valence-corrected chi connectivity index (χ2v) is 3.08. The van der Waals surface area contributed by atoms with Gasteiger partial charge in [0.15, 0.2) is 0 Å². The molecule has 0 aromatic rings. The lowest BCUT2D eigenvalue weighted by Crippen LogP contribution is -2.31. The molecule has 0 saturated carbocycles. The monoisotopic (exact) mass is 155 g/mol. The molecule has 0 amide bonds. The van der Waals surface area contributed by atoms with Gasteiger partial charge in [0.2, 0.25) is 0 Å². The van der Waals surface area contributed by atoms with Gasteiger partial charge in [-0.25, -0.2) is 0 Å². The second kappa shape index (κ2) is 6.41. The van der Waals surface area contributed by atoms with Crippen molar-refractivity contribution in [2.24, 2.45) is 0 Å². The van der Waals surface area contributed by atoms with E-state index < -0.39 is 0 Å². The largest absolute Gasteiger partial charge is 0.301 e. The summed E-state index contributed by atoms with van der Waals surface area (Å²) in [5.74, 6) is 0. The summed E-state index contributed by atoms with van der Waals surface area (Å²) < 4.78 is 0. The maximum Gasteiger partial charge on any atom is 0.00385 e. The molecule has 1 heteroatoms. The molecule has 0 fully saturated rings. The van der Waals surface area contributed by atoms with E-state index in [0.29, 0.717) is 6.04 Å². The zero-order valence-corrected chi connectivity index (χ0v) is 8.30. The highest BCUT2D eigenvalue weighted by Gasteiger charge is 2.03. The van der Waals surface area contributed by atoms with E-state index in [2.05, 4.69) is 44.7 Å². The van der Waals surface area contributed by atoms with E-state index in [4.69, 9.17) is 0 Å². The molecule has 0 heterocycles. The Kier molecular flexibility index (Phi) is 6.24. The Bertz CT molecular complexity index is 105. The first-order valence-electron chi connectivity index (χ1n) is 4.57. The summed E-state index contributed by atoms with van der Waals surface area (Å²) in [5, 5.41) is 0. The van der Waals surface area contributed by atoms with Crippen LogP contribution in [0.15, 0.2) is 12.2 Å². The Morgan fingerprint density at radius 3 is 2.36 bits per heavy atom. The molecule has 0 bridgehead atoms. The molecule has 66 valence electrons. The molecule has 0 aliphatic heterocycles. The van der Waals surface area contributed by atoms with Gasteiger partial charge in [-0.15, -0.1) is 0 Å². The first kappa shape index (κ1) is 10.7. The average Bonchev–Trinajstić information content (AvgIpc) is 1.97. The average molecular weight is 155 g/mol. The molecule has 1 nitrogen and oxygen atoms in total. The Hall–Kier alpha value is -0.300. The lowest BCUT2D eigenvalue weighted by molar-refractivity contribution is 0.238. The molecule has 0 saturated heterocycles. The molecule has 0 aromatic heterocycles.